The number of aliphatic hydroxyl groups excluding tert-OH is 1. The summed E-state index contributed by atoms with van der Waals surface area (Å²) in [4.78, 5) is 49.7. The zero-order valence-corrected chi connectivity index (χ0v) is 26.6. The molecule has 2 saturated heterocycles. The Balaban J connectivity index is 1.26. The Morgan fingerprint density at radius 3 is 2.32 bits per heavy atom. The number of rotatable bonds is 6. The van der Waals surface area contributed by atoms with Gasteiger partial charge in [-0.05, 0) is 36.8 Å². The van der Waals surface area contributed by atoms with E-state index in [1.54, 1.807) is 19.4 Å². The average Bonchev–Trinajstić information content (AvgIpc) is 3.62. The summed E-state index contributed by atoms with van der Waals surface area (Å²) in [5.74, 6) is -2.30. The standard InChI is InChI=1S/C36H34N6O4S/c1-35-18-10-21-40(25-14-6-3-7-15-25)32(44)29(35)30-33(45)42(28(22-43)24-12-4-2-5-13-24)31-34(46)39(20-11-19-36(30,31)47-35)23-41-27-17-9-8-16-26(27)37-38-41/h2-19,28-31,43H,20-23H2,1H3/t28-,29-,30+,31?,35+,36+/m1/s1. The first-order chi connectivity index (χ1) is 22.9. The average molecular weight is 647 g/mol. The number of anilines is 1. The third-order valence-electron chi connectivity index (χ3n) is 10.1. The summed E-state index contributed by atoms with van der Waals surface area (Å²) < 4.78 is -0.126. The SMILES string of the molecule is C[C@]12C=CCN(c3ccccc3)C(=O)[C@H]1[C@H]1C(=O)N([C@H](CO)c3ccccc3)C3C(=O)N(Cn4nnc5ccccc54)CC=C[C@@]31S2. The van der Waals surface area contributed by atoms with Gasteiger partial charge in [-0.3, -0.25) is 14.4 Å². The highest BCUT2D eigenvalue weighted by molar-refractivity contribution is 8.02. The van der Waals surface area contributed by atoms with Gasteiger partial charge in [-0.1, -0.05) is 90.2 Å². The number of carbonyl (C=O) groups is 3. The van der Waals surface area contributed by atoms with Gasteiger partial charge < -0.3 is 19.8 Å². The Labute approximate surface area is 276 Å². The molecule has 0 aliphatic carbocycles. The minimum absolute atomic E-state index is 0.129. The maximum absolute atomic E-state index is 15.1. The van der Waals surface area contributed by atoms with Gasteiger partial charge in [0.1, 0.15) is 18.2 Å². The van der Waals surface area contributed by atoms with Gasteiger partial charge in [-0.2, -0.15) is 0 Å². The Morgan fingerprint density at radius 1 is 0.851 bits per heavy atom. The van der Waals surface area contributed by atoms with E-state index in [4.69, 9.17) is 0 Å². The van der Waals surface area contributed by atoms with Crippen LogP contribution in [0.5, 0.6) is 0 Å². The summed E-state index contributed by atoms with van der Waals surface area (Å²) in [6.45, 7) is 2.43. The van der Waals surface area contributed by atoms with E-state index >= 15 is 9.59 Å². The lowest BCUT2D eigenvalue weighted by Gasteiger charge is -2.39. The second-order valence-electron chi connectivity index (χ2n) is 12.7. The second-order valence-corrected chi connectivity index (χ2v) is 14.5. The molecule has 11 heteroatoms. The molecule has 1 N–H and O–H groups in total. The van der Waals surface area contributed by atoms with Crippen LogP contribution in [0.25, 0.3) is 11.0 Å². The van der Waals surface area contributed by atoms with Crippen LogP contribution < -0.4 is 4.90 Å². The molecule has 0 radical (unpaired) electrons. The number of thioether (sulfide) groups is 1. The van der Waals surface area contributed by atoms with Crippen LogP contribution in [0.15, 0.2) is 109 Å². The highest BCUT2D eigenvalue weighted by Crippen LogP contribution is 2.66. The summed E-state index contributed by atoms with van der Waals surface area (Å²) in [6.07, 6.45) is 7.99. The fourth-order valence-electron chi connectivity index (χ4n) is 8.02. The molecule has 1 aromatic heterocycles. The lowest BCUT2D eigenvalue weighted by molar-refractivity contribution is -0.146. The van der Waals surface area contributed by atoms with Crippen molar-refractivity contribution in [3.05, 3.63) is 115 Å². The van der Waals surface area contributed by atoms with Crippen molar-refractivity contribution < 1.29 is 19.5 Å². The van der Waals surface area contributed by atoms with Crippen LogP contribution in [0, 0.1) is 11.8 Å². The number of benzene rings is 3. The van der Waals surface area contributed by atoms with E-state index in [9.17, 15) is 9.90 Å². The van der Waals surface area contributed by atoms with Gasteiger partial charge >= 0.3 is 0 Å². The van der Waals surface area contributed by atoms with Crippen molar-refractivity contribution in [2.24, 2.45) is 11.8 Å². The fourth-order valence-corrected chi connectivity index (χ4v) is 10.2. The molecule has 10 nitrogen and oxygen atoms in total. The summed E-state index contributed by atoms with van der Waals surface area (Å²) in [5.41, 5.74) is 2.99. The molecular formula is C36H34N6O4S. The topological polar surface area (TPSA) is 112 Å². The van der Waals surface area contributed by atoms with Gasteiger partial charge in [-0.15, -0.1) is 16.9 Å². The van der Waals surface area contributed by atoms with Gasteiger partial charge in [0, 0.05) is 23.5 Å². The van der Waals surface area contributed by atoms with E-state index < -0.39 is 33.4 Å². The Hall–Kier alpha value is -4.74. The maximum Gasteiger partial charge on any atom is 0.248 e. The van der Waals surface area contributed by atoms with Crippen molar-refractivity contribution in [3.8, 4) is 0 Å². The molecule has 47 heavy (non-hydrogen) atoms. The molecule has 0 saturated carbocycles. The van der Waals surface area contributed by atoms with Gasteiger partial charge in [0.25, 0.3) is 0 Å². The Morgan fingerprint density at radius 2 is 1.55 bits per heavy atom. The fraction of sp³-hybridized carbons (Fsp3) is 0.306. The first-order valence-electron chi connectivity index (χ1n) is 15.8. The molecule has 5 heterocycles. The molecule has 4 aromatic rings. The van der Waals surface area contributed by atoms with E-state index in [1.807, 2.05) is 116 Å². The van der Waals surface area contributed by atoms with Gasteiger partial charge in [-0.25, -0.2) is 4.68 Å². The molecule has 1 spiro atoms. The van der Waals surface area contributed by atoms with Crippen molar-refractivity contribution in [2.45, 2.75) is 35.2 Å². The first kappa shape index (κ1) is 29.6. The summed E-state index contributed by atoms with van der Waals surface area (Å²) in [7, 11) is 0. The van der Waals surface area contributed by atoms with E-state index in [-0.39, 0.29) is 37.5 Å². The van der Waals surface area contributed by atoms with Crippen LogP contribution in [-0.4, -0.2) is 82.9 Å². The minimum atomic E-state index is -1.06. The van der Waals surface area contributed by atoms with Crippen LogP contribution in [0.4, 0.5) is 5.69 Å². The number of aromatic nitrogens is 3. The molecule has 2 fully saturated rings. The summed E-state index contributed by atoms with van der Waals surface area (Å²) >= 11 is 1.53. The summed E-state index contributed by atoms with van der Waals surface area (Å²) in [5, 5.41) is 19.5. The third kappa shape index (κ3) is 4.47. The van der Waals surface area contributed by atoms with Gasteiger partial charge in [0.05, 0.1) is 34.7 Å². The lowest BCUT2D eigenvalue weighted by Crippen LogP contribution is -2.54. The van der Waals surface area contributed by atoms with Gasteiger partial charge in [0.15, 0.2) is 0 Å². The van der Waals surface area contributed by atoms with E-state index in [0.29, 0.717) is 6.54 Å². The van der Waals surface area contributed by atoms with E-state index in [2.05, 4.69) is 10.3 Å². The number of nitrogens with zero attached hydrogens (tertiary/aromatic N) is 6. The molecule has 8 rings (SSSR count). The number of carbonyl (C=O) groups excluding carboxylic acids is 3. The molecule has 3 aromatic carbocycles. The van der Waals surface area contributed by atoms with Crippen LogP contribution in [0.1, 0.15) is 18.5 Å². The quantitative estimate of drug-likeness (QED) is 0.317. The smallest absolute Gasteiger partial charge is 0.248 e. The number of amides is 3. The number of likely N-dealkylation sites (tertiary alicyclic amines) is 1. The van der Waals surface area contributed by atoms with Crippen molar-refractivity contribution >= 4 is 46.2 Å². The monoisotopic (exact) mass is 646 g/mol. The van der Waals surface area contributed by atoms with Crippen LogP contribution in [0.3, 0.4) is 0 Å². The second kappa shape index (κ2) is 11.2. The predicted octanol–water partition coefficient (Wildman–Crippen LogP) is 3.81. The Kier molecular flexibility index (Phi) is 7.07. The third-order valence-corrected chi connectivity index (χ3v) is 11.9. The van der Waals surface area contributed by atoms with Crippen molar-refractivity contribution in [1.29, 1.82) is 0 Å². The molecular weight excluding hydrogens is 613 g/mol. The number of hydrogen-bond donors (Lipinski definition) is 1. The molecule has 3 amide bonds. The molecule has 0 bridgehead atoms. The molecule has 6 atom stereocenters. The lowest BCUT2D eigenvalue weighted by atomic mass is 9.74. The normalized spacial score (nSPS) is 29.1. The number of aliphatic hydroxyl groups is 1. The first-order valence-corrected chi connectivity index (χ1v) is 16.6. The molecule has 238 valence electrons. The maximum atomic E-state index is 15.1. The number of para-hydroxylation sites is 2. The highest BCUT2D eigenvalue weighted by atomic mass is 32.2. The van der Waals surface area contributed by atoms with E-state index in [0.717, 1.165) is 22.3 Å². The van der Waals surface area contributed by atoms with E-state index in [1.165, 1.54) is 11.8 Å². The number of fused-ring (bicyclic) bond motifs is 3. The molecule has 4 aliphatic rings. The van der Waals surface area contributed by atoms with Crippen molar-refractivity contribution in [1.82, 2.24) is 24.8 Å². The Bertz CT molecular complexity index is 1930. The predicted molar refractivity (Wildman–Crippen MR) is 179 cm³/mol. The van der Waals surface area contributed by atoms with Gasteiger partial charge in [0.2, 0.25) is 17.7 Å². The largest absolute Gasteiger partial charge is 0.394 e. The zero-order valence-electron chi connectivity index (χ0n) is 25.8. The van der Waals surface area contributed by atoms with Crippen molar-refractivity contribution in [2.75, 3.05) is 24.6 Å². The summed E-state index contributed by atoms with van der Waals surface area (Å²) in [6, 6.07) is 24.6. The van der Waals surface area contributed by atoms with Crippen LogP contribution in [-0.2, 0) is 21.1 Å². The minimum Gasteiger partial charge on any atom is -0.394 e. The van der Waals surface area contributed by atoms with Crippen LogP contribution >= 0.6 is 11.8 Å². The highest BCUT2D eigenvalue weighted by Gasteiger charge is 2.74. The van der Waals surface area contributed by atoms with Crippen molar-refractivity contribution in [3.63, 3.8) is 0 Å². The molecule has 4 aliphatic heterocycles. The number of hydrogen-bond acceptors (Lipinski definition) is 7. The van der Waals surface area contributed by atoms with Crippen LogP contribution in [0.2, 0.25) is 0 Å². The zero-order chi connectivity index (χ0) is 32.3. The molecule has 1 unspecified atom stereocenters.